The number of carbonyl (C=O) groups is 1. The van der Waals surface area contributed by atoms with Crippen LogP contribution in [-0.2, 0) is 10.0 Å². The highest BCUT2D eigenvalue weighted by molar-refractivity contribution is 7.89. The van der Waals surface area contributed by atoms with Gasteiger partial charge in [0, 0.05) is 31.7 Å². The van der Waals surface area contributed by atoms with E-state index in [0.717, 1.165) is 12.8 Å². The van der Waals surface area contributed by atoms with E-state index in [1.807, 2.05) is 19.0 Å². The maximum absolute atomic E-state index is 14.2. The molecule has 1 aliphatic carbocycles. The van der Waals surface area contributed by atoms with Crippen LogP contribution in [0, 0.1) is 5.82 Å². The number of hydrogen-bond donors (Lipinski definition) is 0. The Morgan fingerprint density at radius 3 is 2.38 bits per heavy atom. The first kappa shape index (κ1) is 22.8. The molecule has 0 radical (unpaired) electrons. The minimum Gasteiger partial charge on any atom is -0.308 e. The highest BCUT2D eigenvalue weighted by Crippen LogP contribution is 2.32. The Morgan fingerprint density at radius 1 is 1.09 bits per heavy atom. The topological polar surface area (TPSA) is 73.8 Å². The molecule has 7 nitrogen and oxygen atoms in total. The van der Waals surface area contributed by atoms with Crippen molar-refractivity contribution in [3.05, 3.63) is 53.8 Å². The number of nitrogens with zero attached hydrogens (tertiary/aromatic N) is 4. The van der Waals surface area contributed by atoms with Crippen molar-refractivity contribution in [2.45, 2.75) is 23.8 Å². The van der Waals surface area contributed by atoms with Crippen molar-refractivity contribution in [1.29, 1.82) is 0 Å². The Bertz CT molecular complexity index is 1240. The van der Waals surface area contributed by atoms with Gasteiger partial charge in [0.2, 0.25) is 10.0 Å². The lowest BCUT2D eigenvalue weighted by Gasteiger charge is -2.22. The predicted octanol–water partition coefficient (Wildman–Crippen LogP) is 3.43. The van der Waals surface area contributed by atoms with Crippen molar-refractivity contribution in [2.75, 3.05) is 39.1 Å². The van der Waals surface area contributed by atoms with E-state index in [0.29, 0.717) is 28.5 Å². The lowest BCUT2D eigenvalue weighted by Crippen LogP contribution is -2.36. The summed E-state index contributed by atoms with van der Waals surface area (Å²) in [5.74, 6) is -0.745. The molecule has 0 atom stereocenters. The number of thiazole rings is 1. The Labute approximate surface area is 191 Å². The summed E-state index contributed by atoms with van der Waals surface area (Å²) in [4.78, 5) is 21.3. The van der Waals surface area contributed by atoms with Crippen molar-refractivity contribution in [1.82, 2.24) is 14.2 Å². The fourth-order valence-corrected chi connectivity index (χ4v) is 5.75. The Morgan fingerprint density at radius 2 is 1.78 bits per heavy atom. The second-order valence-corrected chi connectivity index (χ2v) is 11.1. The Kier molecular flexibility index (Phi) is 6.30. The van der Waals surface area contributed by atoms with E-state index in [-0.39, 0.29) is 22.4 Å². The smallest absolute Gasteiger partial charge is 0.260 e. The summed E-state index contributed by atoms with van der Waals surface area (Å²) < 4.78 is 41.7. The van der Waals surface area contributed by atoms with E-state index in [1.165, 1.54) is 50.9 Å². The van der Waals surface area contributed by atoms with Gasteiger partial charge in [0.15, 0.2) is 5.13 Å². The average Bonchev–Trinajstić information content (AvgIpc) is 3.52. The number of rotatable bonds is 8. The molecular weight excluding hydrogens is 451 g/mol. The highest BCUT2D eigenvalue weighted by atomic mass is 32.2. The fraction of sp³-hybridized carbons (Fsp3) is 0.364. The summed E-state index contributed by atoms with van der Waals surface area (Å²) in [6.07, 6.45) is 1.74. The van der Waals surface area contributed by atoms with E-state index in [9.17, 15) is 17.6 Å². The van der Waals surface area contributed by atoms with Crippen LogP contribution in [0.15, 0.2) is 47.4 Å². The quantitative estimate of drug-likeness (QED) is 0.498. The maximum Gasteiger partial charge on any atom is 0.260 e. The number of likely N-dealkylation sites (N-methyl/N-ethyl adjacent to an activating group) is 1. The zero-order chi connectivity index (χ0) is 23.0. The monoisotopic (exact) mass is 476 g/mol. The van der Waals surface area contributed by atoms with E-state index < -0.39 is 15.8 Å². The third-order valence-electron chi connectivity index (χ3n) is 5.44. The molecule has 3 aromatic rings. The van der Waals surface area contributed by atoms with Gasteiger partial charge in [-0.3, -0.25) is 9.69 Å². The first-order chi connectivity index (χ1) is 15.2. The van der Waals surface area contributed by atoms with Gasteiger partial charge in [-0.1, -0.05) is 17.4 Å². The van der Waals surface area contributed by atoms with Crippen LogP contribution in [0.3, 0.4) is 0 Å². The van der Waals surface area contributed by atoms with Crippen molar-refractivity contribution in [2.24, 2.45) is 0 Å². The number of carbonyl (C=O) groups excluding carboxylic acids is 1. The maximum atomic E-state index is 14.2. The van der Waals surface area contributed by atoms with Crippen LogP contribution in [0.2, 0.25) is 0 Å². The van der Waals surface area contributed by atoms with E-state index >= 15 is 0 Å². The molecule has 0 N–H and O–H groups in total. The molecule has 0 aliphatic heterocycles. The lowest BCUT2D eigenvalue weighted by molar-refractivity contribution is 0.0985. The average molecular weight is 477 g/mol. The minimum atomic E-state index is -3.58. The SMILES string of the molecule is CN(C)CCN(C(=O)c1ccc(S(=O)(=O)N(C)C2CC2)cc1)c1nc2c(F)cccc2s1. The van der Waals surface area contributed by atoms with Gasteiger partial charge in [-0.2, -0.15) is 4.31 Å². The second-order valence-electron chi connectivity index (χ2n) is 8.12. The van der Waals surface area contributed by atoms with E-state index in [2.05, 4.69) is 4.98 Å². The van der Waals surface area contributed by atoms with Crippen LogP contribution in [-0.4, -0.2) is 68.8 Å². The molecule has 0 unspecified atom stereocenters. The van der Waals surface area contributed by atoms with Gasteiger partial charge in [-0.15, -0.1) is 0 Å². The van der Waals surface area contributed by atoms with Crippen molar-refractivity contribution >= 4 is 42.6 Å². The summed E-state index contributed by atoms with van der Waals surface area (Å²) >= 11 is 1.25. The number of sulfonamides is 1. The van der Waals surface area contributed by atoms with Crippen LogP contribution in [0.1, 0.15) is 23.2 Å². The third kappa shape index (κ3) is 4.54. The summed E-state index contributed by atoms with van der Waals surface area (Å²) in [6, 6.07) is 10.7. The summed E-state index contributed by atoms with van der Waals surface area (Å²) in [5, 5.41) is 0.405. The lowest BCUT2D eigenvalue weighted by atomic mass is 10.2. The molecular formula is C22H25FN4O3S2. The van der Waals surface area contributed by atoms with Crippen LogP contribution >= 0.6 is 11.3 Å². The molecule has 4 rings (SSSR count). The number of amides is 1. The van der Waals surface area contributed by atoms with E-state index in [1.54, 1.807) is 19.2 Å². The van der Waals surface area contributed by atoms with Crippen LogP contribution in [0.4, 0.5) is 9.52 Å². The van der Waals surface area contributed by atoms with Gasteiger partial charge in [-0.05, 0) is 63.3 Å². The summed E-state index contributed by atoms with van der Waals surface area (Å²) in [7, 11) is 1.80. The predicted molar refractivity (Wildman–Crippen MR) is 124 cm³/mol. The summed E-state index contributed by atoms with van der Waals surface area (Å²) in [5.41, 5.74) is 0.580. The normalized spacial score (nSPS) is 14.4. The van der Waals surface area contributed by atoms with Gasteiger partial charge < -0.3 is 4.90 Å². The zero-order valence-electron chi connectivity index (χ0n) is 18.2. The third-order valence-corrected chi connectivity index (χ3v) is 8.41. The van der Waals surface area contributed by atoms with Crippen molar-refractivity contribution in [3.8, 4) is 0 Å². The molecule has 1 saturated carbocycles. The molecule has 0 bridgehead atoms. The molecule has 1 aliphatic rings. The molecule has 1 aromatic heterocycles. The standard InChI is InChI=1S/C22H25FN4O3S2/c1-25(2)13-14-27(22-24-20-18(23)5-4-6-19(20)31-22)21(28)15-7-11-17(12-8-15)32(29,30)26(3)16-9-10-16/h4-8,11-12,16H,9-10,13-14H2,1-3H3. The number of anilines is 1. The van der Waals surface area contributed by atoms with E-state index in [4.69, 9.17) is 0 Å². The van der Waals surface area contributed by atoms with Gasteiger partial charge in [-0.25, -0.2) is 17.8 Å². The van der Waals surface area contributed by atoms with Crippen LogP contribution in [0.25, 0.3) is 10.2 Å². The molecule has 0 spiro atoms. The molecule has 2 aromatic carbocycles. The highest BCUT2D eigenvalue weighted by Gasteiger charge is 2.35. The first-order valence-corrected chi connectivity index (χ1v) is 12.5. The summed E-state index contributed by atoms with van der Waals surface area (Å²) in [6.45, 7) is 0.945. The zero-order valence-corrected chi connectivity index (χ0v) is 19.8. The van der Waals surface area contributed by atoms with Gasteiger partial charge in [0.05, 0.1) is 9.60 Å². The Balaban J connectivity index is 1.63. The molecule has 0 saturated heterocycles. The second kappa shape index (κ2) is 8.86. The number of fused-ring (bicyclic) bond motifs is 1. The molecule has 32 heavy (non-hydrogen) atoms. The van der Waals surface area contributed by atoms with Gasteiger partial charge in [0.25, 0.3) is 5.91 Å². The molecule has 170 valence electrons. The number of hydrogen-bond acceptors (Lipinski definition) is 6. The van der Waals surface area contributed by atoms with Crippen molar-refractivity contribution < 1.29 is 17.6 Å². The minimum absolute atomic E-state index is 0.0577. The number of benzene rings is 2. The molecule has 10 heteroatoms. The molecule has 1 fully saturated rings. The number of para-hydroxylation sites is 1. The number of halogens is 1. The Hall–Kier alpha value is -2.40. The first-order valence-electron chi connectivity index (χ1n) is 10.3. The largest absolute Gasteiger partial charge is 0.308 e. The van der Waals surface area contributed by atoms with Crippen LogP contribution < -0.4 is 4.90 Å². The van der Waals surface area contributed by atoms with Gasteiger partial charge in [0.1, 0.15) is 11.3 Å². The van der Waals surface area contributed by atoms with Gasteiger partial charge >= 0.3 is 0 Å². The fourth-order valence-electron chi connectivity index (χ4n) is 3.33. The molecule has 1 heterocycles. The van der Waals surface area contributed by atoms with Crippen molar-refractivity contribution in [3.63, 3.8) is 0 Å². The number of aromatic nitrogens is 1. The molecule has 1 amide bonds. The van der Waals surface area contributed by atoms with Crippen LogP contribution in [0.5, 0.6) is 0 Å².